The van der Waals surface area contributed by atoms with Crippen molar-refractivity contribution >= 4 is 23.2 Å². The van der Waals surface area contributed by atoms with E-state index in [0.717, 1.165) is 12.8 Å². The zero-order valence-electron chi connectivity index (χ0n) is 10.7. The topological polar surface area (TPSA) is 32.3 Å². The van der Waals surface area contributed by atoms with Crippen molar-refractivity contribution in [1.29, 1.82) is 0 Å². The van der Waals surface area contributed by atoms with Gasteiger partial charge in [0.1, 0.15) is 6.04 Å². The summed E-state index contributed by atoms with van der Waals surface area (Å²) in [6.45, 7) is 3.89. The molecule has 96 valence electrons. The summed E-state index contributed by atoms with van der Waals surface area (Å²) in [5, 5.41) is 3.57. The van der Waals surface area contributed by atoms with Gasteiger partial charge in [0.25, 0.3) is 5.91 Å². The fourth-order valence-electron chi connectivity index (χ4n) is 2.19. The Kier molecular flexibility index (Phi) is 3.97. The van der Waals surface area contributed by atoms with Gasteiger partial charge in [-0.15, -0.1) is 0 Å². The van der Waals surface area contributed by atoms with Crippen LogP contribution in [0.25, 0.3) is 0 Å². The van der Waals surface area contributed by atoms with Gasteiger partial charge in [-0.1, -0.05) is 30.3 Å². The van der Waals surface area contributed by atoms with E-state index in [2.05, 4.69) is 17.4 Å². The van der Waals surface area contributed by atoms with Crippen LogP contribution >= 0.6 is 12.2 Å². The monoisotopic (exact) mass is 262 g/mol. The van der Waals surface area contributed by atoms with Crippen LogP contribution in [0.4, 0.5) is 0 Å². The fraction of sp³-hybridized carbons (Fsp3) is 0.429. The Balaban J connectivity index is 1.94. The van der Waals surface area contributed by atoms with Crippen molar-refractivity contribution in [2.75, 3.05) is 0 Å². The summed E-state index contributed by atoms with van der Waals surface area (Å²) in [5.41, 5.74) is 1.29. The van der Waals surface area contributed by atoms with E-state index in [-0.39, 0.29) is 18.0 Å². The molecule has 0 aliphatic carbocycles. The molecule has 2 unspecified atom stereocenters. The molecule has 2 atom stereocenters. The molecule has 0 spiro atoms. The Hall–Kier alpha value is -1.42. The Morgan fingerprint density at radius 3 is 2.61 bits per heavy atom. The van der Waals surface area contributed by atoms with Crippen molar-refractivity contribution in [3.63, 3.8) is 0 Å². The van der Waals surface area contributed by atoms with Crippen molar-refractivity contribution in [2.24, 2.45) is 0 Å². The van der Waals surface area contributed by atoms with Gasteiger partial charge in [-0.3, -0.25) is 9.69 Å². The average molecular weight is 262 g/mol. The predicted octanol–water partition coefficient (Wildman–Crippen LogP) is 2.11. The lowest BCUT2D eigenvalue weighted by atomic mass is 10.1. The second-order valence-electron chi connectivity index (χ2n) is 4.75. The Morgan fingerprint density at radius 2 is 2.06 bits per heavy atom. The van der Waals surface area contributed by atoms with Crippen LogP contribution in [0.3, 0.4) is 0 Å². The molecule has 0 saturated carbocycles. The molecule has 2 rings (SSSR count). The summed E-state index contributed by atoms with van der Waals surface area (Å²) >= 11 is 5.20. The number of aryl methyl sites for hydroxylation is 1. The van der Waals surface area contributed by atoms with Gasteiger partial charge in [0, 0.05) is 6.04 Å². The molecule has 1 saturated heterocycles. The molecule has 0 bridgehead atoms. The van der Waals surface area contributed by atoms with Crippen LogP contribution < -0.4 is 5.32 Å². The quantitative estimate of drug-likeness (QED) is 0.844. The lowest BCUT2D eigenvalue weighted by Crippen LogP contribution is -2.39. The highest BCUT2D eigenvalue weighted by Crippen LogP contribution is 2.15. The Bertz CT molecular complexity index is 446. The number of amides is 1. The summed E-state index contributed by atoms with van der Waals surface area (Å²) in [7, 11) is 0. The molecule has 1 aliphatic heterocycles. The molecule has 0 aromatic heterocycles. The highest BCUT2D eigenvalue weighted by Gasteiger charge is 2.34. The summed E-state index contributed by atoms with van der Waals surface area (Å²) in [5.74, 6) is 0.0839. The first-order valence-electron chi connectivity index (χ1n) is 6.27. The average Bonchev–Trinajstić information content (AvgIpc) is 2.62. The number of hydrogen-bond donors (Lipinski definition) is 1. The van der Waals surface area contributed by atoms with Crippen LogP contribution in [-0.4, -0.2) is 28.0 Å². The first-order chi connectivity index (χ1) is 8.59. The lowest BCUT2D eigenvalue weighted by Gasteiger charge is -2.23. The minimum Gasteiger partial charge on any atom is -0.351 e. The van der Waals surface area contributed by atoms with E-state index in [9.17, 15) is 4.79 Å². The summed E-state index contributed by atoms with van der Waals surface area (Å²) in [6, 6.07) is 10.3. The van der Waals surface area contributed by atoms with Gasteiger partial charge >= 0.3 is 0 Å². The molecule has 3 nitrogen and oxygen atoms in total. The zero-order chi connectivity index (χ0) is 13.1. The van der Waals surface area contributed by atoms with Crippen molar-refractivity contribution in [1.82, 2.24) is 10.2 Å². The maximum Gasteiger partial charge on any atom is 0.251 e. The minimum absolute atomic E-state index is 0.0839. The van der Waals surface area contributed by atoms with E-state index < -0.39 is 0 Å². The van der Waals surface area contributed by atoms with E-state index in [1.165, 1.54) is 5.56 Å². The molecule has 18 heavy (non-hydrogen) atoms. The maximum atomic E-state index is 11.9. The van der Waals surface area contributed by atoms with Gasteiger partial charge in [0.05, 0.1) is 0 Å². The van der Waals surface area contributed by atoms with Crippen LogP contribution in [0.2, 0.25) is 0 Å². The minimum atomic E-state index is -0.184. The lowest BCUT2D eigenvalue weighted by molar-refractivity contribution is -0.128. The zero-order valence-corrected chi connectivity index (χ0v) is 11.5. The highest BCUT2D eigenvalue weighted by molar-refractivity contribution is 7.80. The van der Waals surface area contributed by atoms with Gasteiger partial charge in [-0.2, -0.15) is 0 Å². The van der Waals surface area contributed by atoms with Gasteiger partial charge in [-0.05, 0) is 44.5 Å². The molecular formula is C14H18N2OS. The molecular weight excluding hydrogens is 244 g/mol. The SMILES string of the molecule is CC1NC(=S)N(C(C)CCc2ccccc2)C1=O. The molecule has 1 heterocycles. The molecule has 1 fully saturated rings. The van der Waals surface area contributed by atoms with Crippen molar-refractivity contribution in [3.8, 4) is 0 Å². The first-order valence-corrected chi connectivity index (χ1v) is 6.68. The van der Waals surface area contributed by atoms with E-state index in [0.29, 0.717) is 5.11 Å². The Morgan fingerprint density at radius 1 is 1.39 bits per heavy atom. The van der Waals surface area contributed by atoms with E-state index >= 15 is 0 Å². The second-order valence-corrected chi connectivity index (χ2v) is 5.14. The van der Waals surface area contributed by atoms with Crippen LogP contribution in [0.15, 0.2) is 30.3 Å². The number of nitrogens with one attached hydrogen (secondary N) is 1. The van der Waals surface area contributed by atoms with Gasteiger partial charge in [0.2, 0.25) is 0 Å². The summed E-state index contributed by atoms with van der Waals surface area (Å²) < 4.78 is 0. The molecule has 1 aliphatic rings. The molecule has 1 aromatic carbocycles. The smallest absolute Gasteiger partial charge is 0.251 e. The number of thiocarbonyl (C=S) groups is 1. The third kappa shape index (κ3) is 2.70. The third-order valence-corrected chi connectivity index (χ3v) is 3.62. The highest BCUT2D eigenvalue weighted by atomic mass is 32.1. The number of benzene rings is 1. The molecule has 1 amide bonds. The van der Waals surface area contributed by atoms with E-state index in [1.807, 2.05) is 32.0 Å². The molecule has 4 heteroatoms. The van der Waals surface area contributed by atoms with Gasteiger partial charge < -0.3 is 5.32 Å². The van der Waals surface area contributed by atoms with E-state index in [1.54, 1.807) is 4.90 Å². The molecule has 0 radical (unpaired) electrons. The first kappa shape index (κ1) is 13.0. The van der Waals surface area contributed by atoms with Crippen LogP contribution in [-0.2, 0) is 11.2 Å². The number of hydrogen-bond acceptors (Lipinski definition) is 2. The van der Waals surface area contributed by atoms with Crippen molar-refractivity contribution in [3.05, 3.63) is 35.9 Å². The van der Waals surface area contributed by atoms with Crippen molar-refractivity contribution in [2.45, 2.75) is 38.8 Å². The number of carbonyl (C=O) groups is 1. The molecule has 1 aromatic rings. The normalized spacial score (nSPS) is 21.0. The van der Waals surface area contributed by atoms with Crippen LogP contribution in [0.5, 0.6) is 0 Å². The third-order valence-electron chi connectivity index (χ3n) is 3.30. The van der Waals surface area contributed by atoms with Gasteiger partial charge in [0.15, 0.2) is 5.11 Å². The summed E-state index contributed by atoms with van der Waals surface area (Å²) in [4.78, 5) is 13.7. The second kappa shape index (κ2) is 5.48. The van der Waals surface area contributed by atoms with Crippen molar-refractivity contribution < 1.29 is 4.79 Å². The largest absolute Gasteiger partial charge is 0.351 e. The standard InChI is InChI=1S/C14H18N2OS/c1-10(8-9-12-6-4-3-5-7-12)16-13(17)11(2)15-14(16)18/h3-7,10-11H,8-9H2,1-2H3,(H,15,18). The van der Waals surface area contributed by atoms with Crippen LogP contribution in [0, 0.1) is 0 Å². The van der Waals surface area contributed by atoms with E-state index in [4.69, 9.17) is 12.2 Å². The predicted molar refractivity (Wildman–Crippen MR) is 76.3 cm³/mol. The maximum absolute atomic E-state index is 11.9. The van der Waals surface area contributed by atoms with Gasteiger partial charge in [-0.25, -0.2) is 0 Å². The fourth-order valence-corrected chi connectivity index (χ4v) is 2.64. The summed E-state index contributed by atoms with van der Waals surface area (Å²) in [6.07, 6.45) is 1.88. The molecule has 1 N–H and O–H groups in total. The number of rotatable bonds is 4. The Labute approximate surface area is 113 Å². The number of carbonyl (C=O) groups excluding carboxylic acids is 1. The van der Waals surface area contributed by atoms with Crippen LogP contribution in [0.1, 0.15) is 25.8 Å². The number of nitrogens with zero attached hydrogens (tertiary/aromatic N) is 1.